The lowest BCUT2D eigenvalue weighted by molar-refractivity contribution is -0.122. The lowest BCUT2D eigenvalue weighted by atomic mass is 10.3. The van der Waals surface area contributed by atoms with Gasteiger partial charge in [0, 0.05) is 12.0 Å². The molecular formula is C15H20ClNO3. The maximum absolute atomic E-state index is 11.4. The third-order valence-electron chi connectivity index (χ3n) is 2.88. The van der Waals surface area contributed by atoms with Gasteiger partial charge in [-0.15, -0.1) is 0 Å². The highest BCUT2D eigenvalue weighted by Gasteiger charge is 2.29. The Morgan fingerprint density at radius 1 is 1.45 bits per heavy atom. The first kappa shape index (κ1) is 15.0. The Balaban J connectivity index is 1.75. The number of hydrogen-bond acceptors (Lipinski definition) is 3. The molecule has 5 heteroatoms. The molecule has 1 aromatic carbocycles. The van der Waals surface area contributed by atoms with E-state index in [2.05, 4.69) is 5.32 Å². The molecule has 1 aliphatic rings. The van der Waals surface area contributed by atoms with E-state index < -0.39 is 0 Å². The molecule has 1 aromatic rings. The second-order valence-electron chi connectivity index (χ2n) is 5.17. The standard InChI is InChI=1S/C15H20ClNO3/c1-10(2)20-12-5-6-14(13(16)9-12)19-8-7-17-15(18)11-3-4-11/h5-6,9-11H,3-4,7-8H2,1-2H3,(H,17,18). The Morgan fingerprint density at radius 3 is 2.80 bits per heavy atom. The quantitative estimate of drug-likeness (QED) is 0.787. The topological polar surface area (TPSA) is 47.6 Å². The van der Waals surface area contributed by atoms with Crippen LogP contribution in [0.15, 0.2) is 18.2 Å². The van der Waals surface area contributed by atoms with Gasteiger partial charge in [-0.05, 0) is 38.8 Å². The monoisotopic (exact) mass is 297 g/mol. The Bertz CT molecular complexity index is 472. The van der Waals surface area contributed by atoms with Gasteiger partial charge in [0.25, 0.3) is 0 Å². The highest BCUT2D eigenvalue weighted by Crippen LogP contribution is 2.30. The van der Waals surface area contributed by atoms with Gasteiger partial charge < -0.3 is 14.8 Å². The predicted molar refractivity (Wildman–Crippen MR) is 78.4 cm³/mol. The van der Waals surface area contributed by atoms with E-state index >= 15 is 0 Å². The minimum Gasteiger partial charge on any atom is -0.491 e. The van der Waals surface area contributed by atoms with Crippen LogP contribution < -0.4 is 14.8 Å². The fraction of sp³-hybridized carbons (Fsp3) is 0.533. The normalized spacial score (nSPS) is 14.2. The maximum atomic E-state index is 11.4. The number of rotatable bonds is 7. The number of halogens is 1. The summed E-state index contributed by atoms with van der Waals surface area (Å²) in [6.07, 6.45) is 2.13. The molecule has 4 nitrogen and oxygen atoms in total. The fourth-order valence-electron chi connectivity index (χ4n) is 1.77. The summed E-state index contributed by atoms with van der Waals surface area (Å²) in [5.74, 6) is 1.68. The van der Waals surface area contributed by atoms with E-state index in [0.717, 1.165) is 18.6 Å². The summed E-state index contributed by atoms with van der Waals surface area (Å²) < 4.78 is 11.1. The summed E-state index contributed by atoms with van der Waals surface area (Å²) in [6.45, 7) is 4.82. The van der Waals surface area contributed by atoms with E-state index in [4.69, 9.17) is 21.1 Å². The lowest BCUT2D eigenvalue weighted by Crippen LogP contribution is -2.29. The van der Waals surface area contributed by atoms with Crippen molar-refractivity contribution in [1.29, 1.82) is 0 Å². The summed E-state index contributed by atoms with van der Waals surface area (Å²) in [4.78, 5) is 11.4. The van der Waals surface area contributed by atoms with Crippen LogP contribution in [0.2, 0.25) is 5.02 Å². The average molecular weight is 298 g/mol. The molecule has 1 aliphatic carbocycles. The second kappa shape index (κ2) is 6.84. The van der Waals surface area contributed by atoms with Crippen molar-refractivity contribution in [2.45, 2.75) is 32.8 Å². The molecule has 0 spiro atoms. The first-order valence-electron chi connectivity index (χ1n) is 6.93. The molecule has 20 heavy (non-hydrogen) atoms. The molecule has 0 heterocycles. The van der Waals surface area contributed by atoms with Crippen molar-refractivity contribution in [2.24, 2.45) is 5.92 Å². The van der Waals surface area contributed by atoms with Crippen LogP contribution in [-0.2, 0) is 4.79 Å². The summed E-state index contributed by atoms with van der Waals surface area (Å²) in [5.41, 5.74) is 0. The first-order valence-corrected chi connectivity index (χ1v) is 7.31. The van der Waals surface area contributed by atoms with E-state index in [1.807, 2.05) is 19.9 Å². The summed E-state index contributed by atoms with van der Waals surface area (Å²) in [7, 11) is 0. The third kappa shape index (κ3) is 4.60. The maximum Gasteiger partial charge on any atom is 0.223 e. The SMILES string of the molecule is CC(C)Oc1ccc(OCCNC(=O)C2CC2)c(Cl)c1. The zero-order valence-electron chi connectivity index (χ0n) is 11.8. The minimum atomic E-state index is 0.107. The van der Waals surface area contributed by atoms with Crippen LogP contribution in [0.5, 0.6) is 11.5 Å². The first-order chi connectivity index (χ1) is 9.56. The Hall–Kier alpha value is -1.42. The average Bonchev–Trinajstić information content (AvgIpc) is 3.20. The third-order valence-corrected chi connectivity index (χ3v) is 3.18. The van der Waals surface area contributed by atoms with Gasteiger partial charge in [0.05, 0.1) is 17.7 Å². The zero-order chi connectivity index (χ0) is 14.5. The molecule has 110 valence electrons. The van der Waals surface area contributed by atoms with Crippen LogP contribution in [0.25, 0.3) is 0 Å². The van der Waals surface area contributed by atoms with Gasteiger partial charge in [0.1, 0.15) is 18.1 Å². The number of benzene rings is 1. The molecular weight excluding hydrogens is 278 g/mol. The Labute approximate surface area is 124 Å². The molecule has 0 atom stereocenters. The number of hydrogen-bond donors (Lipinski definition) is 1. The van der Waals surface area contributed by atoms with Gasteiger partial charge in [0.15, 0.2) is 0 Å². The smallest absolute Gasteiger partial charge is 0.223 e. The number of amides is 1. The lowest BCUT2D eigenvalue weighted by Gasteiger charge is -2.12. The zero-order valence-corrected chi connectivity index (χ0v) is 12.6. The Kier molecular flexibility index (Phi) is 5.12. The van der Waals surface area contributed by atoms with Crippen LogP contribution >= 0.6 is 11.6 Å². The molecule has 0 bridgehead atoms. The summed E-state index contributed by atoms with van der Waals surface area (Å²) in [5, 5.41) is 3.35. The van der Waals surface area contributed by atoms with E-state index in [0.29, 0.717) is 23.9 Å². The minimum absolute atomic E-state index is 0.107. The molecule has 0 saturated heterocycles. The molecule has 1 saturated carbocycles. The molecule has 1 N–H and O–H groups in total. The molecule has 1 fully saturated rings. The van der Waals surface area contributed by atoms with Gasteiger partial charge in [-0.25, -0.2) is 0 Å². The highest BCUT2D eigenvalue weighted by molar-refractivity contribution is 6.32. The van der Waals surface area contributed by atoms with E-state index in [1.165, 1.54) is 0 Å². The van der Waals surface area contributed by atoms with Crippen molar-refractivity contribution in [3.63, 3.8) is 0 Å². The van der Waals surface area contributed by atoms with Crippen LogP contribution in [0.4, 0.5) is 0 Å². The van der Waals surface area contributed by atoms with Crippen molar-refractivity contribution in [3.05, 3.63) is 23.2 Å². The second-order valence-corrected chi connectivity index (χ2v) is 5.58. The number of ether oxygens (including phenoxy) is 2. The van der Waals surface area contributed by atoms with Crippen LogP contribution in [0.3, 0.4) is 0 Å². The number of carbonyl (C=O) groups is 1. The van der Waals surface area contributed by atoms with Gasteiger partial charge in [-0.2, -0.15) is 0 Å². The van der Waals surface area contributed by atoms with Crippen molar-refractivity contribution < 1.29 is 14.3 Å². The van der Waals surface area contributed by atoms with Gasteiger partial charge in [0.2, 0.25) is 5.91 Å². The molecule has 2 rings (SSSR count). The van der Waals surface area contributed by atoms with Gasteiger partial charge in [-0.1, -0.05) is 11.6 Å². The van der Waals surface area contributed by atoms with Gasteiger partial charge in [-0.3, -0.25) is 4.79 Å². The summed E-state index contributed by atoms with van der Waals surface area (Å²) >= 11 is 6.12. The van der Waals surface area contributed by atoms with Crippen LogP contribution in [0, 0.1) is 5.92 Å². The van der Waals surface area contributed by atoms with Crippen molar-refractivity contribution in [3.8, 4) is 11.5 Å². The molecule has 0 radical (unpaired) electrons. The van der Waals surface area contributed by atoms with Gasteiger partial charge >= 0.3 is 0 Å². The number of carbonyl (C=O) groups excluding carboxylic acids is 1. The molecule has 1 amide bonds. The van der Waals surface area contributed by atoms with E-state index in [9.17, 15) is 4.79 Å². The Morgan fingerprint density at radius 2 is 2.20 bits per heavy atom. The predicted octanol–water partition coefficient (Wildman–Crippen LogP) is 3.03. The fourth-order valence-corrected chi connectivity index (χ4v) is 1.99. The van der Waals surface area contributed by atoms with Crippen molar-refractivity contribution >= 4 is 17.5 Å². The van der Waals surface area contributed by atoms with E-state index in [-0.39, 0.29) is 17.9 Å². The molecule has 0 unspecified atom stereocenters. The number of nitrogens with one attached hydrogen (secondary N) is 1. The van der Waals surface area contributed by atoms with Crippen molar-refractivity contribution in [2.75, 3.05) is 13.2 Å². The molecule has 0 aromatic heterocycles. The van der Waals surface area contributed by atoms with E-state index in [1.54, 1.807) is 12.1 Å². The summed E-state index contributed by atoms with van der Waals surface area (Å²) in [6, 6.07) is 5.34. The van der Waals surface area contributed by atoms with Crippen LogP contribution in [0.1, 0.15) is 26.7 Å². The van der Waals surface area contributed by atoms with Crippen LogP contribution in [-0.4, -0.2) is 25.2 Å². The highest BCUT2D eigenvalue weighted by atomic mass is 35.5. The molecule has 0 aliphatic heterocycles. The largest absolute Gasteiger partial charge is 0.491 e. The van der Waals surface area contributed by atoms with Crippen molar-refractivity contribution in [1.82, 2.24) is 5.32 Å².